The van der Waals surface area contributed by atoms with Gasteiger partial charge in [-0.15, -0.1) is 0 Å². The lowest BCUT2D eigenvalue weighted by Gasteiger charge is -2.19. The molecule has 0 saturated carbocycles. The number of nitrogens with zero attached hydrogens (tertiary/aromatic N) is 2. The monoisotopic (exact) mass is 241 g/mol. The number of aromatic amines is 1. The summed E-state index contributed by atoms with van der Waals surface area (Å²) >= 11 is 0. The first-order chi connectivity index (χ1) is 8.41. The molecule has 1 N–H and O–H groups in total. The molecule has 92 valence electrons. The van der Waals surface area contributed by atoms with E-state index in [0.717, 1.165) is 11.3 Å². The molecule has 4 heteroatoms. The second-order valence-electron chi connectivity index (χ2n) is 5.20. The van der Waals surface area contributed by atoms with E-state index < -0.39 is 0 Å². The van der Waals surface area contributed by atoms with Crippen LogP contribution in [0.1, 0.15) is 26.3 Å². The molecule has 0 atom stereocenters. The Kier molecular flexibility index (Phi) is 2.84. The number of aromatic nitrogens is 2. The summed E-state index contributed by atoms with van der Waals surface area (Å²) in [6, 6.07) is 10.8. The van der Waals surface area contributed by atoms with E-state index >= 15 is 0 Å². The highest BCUT2D eigenvalue weighted by Gasteiger charge is 2.17. The summed E-state index contributed by atoms with van der Waals surface area (Å²) in [5, 5.41) is 11.8. The van der Waals surface area contributed by atoms with Crippen LogP contribution in [0.3, 0.4) is 0 Å². The molecule has 1 heterocycles. The van der Waals surface area contributed by atoms with E-state index in [1.807, 2.05) is 32.9 Å². The average Bonchev–Trinajstić information content (AvgIpc) is 2.71. The highest BCUT2D eigenvalue weighted by Crippen LogP contribution is 2.18. The SMILES string of the molecule is CC(C)(C)n1[nH]c(-c2ccc(C#N)cc2)cc1=O. The minimum atomic E-state index is -0.276. The third-order valence-electron chi connectivity index (χ3n) is 2.72. The molecule has 0 radical (unpaired) electrons. The summed E-state index contributed by atoms with van der Waals surface area (Å²) in [5.41, 5.74) is 1.94. The lowest BCUT2D eigenvalue weighted by Crippen LogP contribution is -2.32. The Hall–Kier alpha value is -2.28. The fourth-order valence-corrected chi connectivity index (χ4v) is 1.77. The van der Waals surface area contributed by atoms with Gasteiger partial charge >= 0.3 is 0 Å². The molecule has 2 rings (SSSR count). The van der Waals surface area contributed by atoms with Crippen LogP contribution in [0.2, 0.25) is 0 Å². The smallest absolute Gasteiger partial charge is 0.267 e. The predicted molar refractivity (Wildman–Crippen MR) is 70.2 cm³/mol. The van der Waals surface area contributed by atoms with Gasteiger partial charge in [0.25, 0.3) is 5.56 Å². The van der Waals surface area contributed by atoms with Gasteiger partial charge in [0, 0.05) is 6.07 Å². The van der Waals surface area contributed by atoms with Gasteiger partial charge in [0.05, 0.1) is 22.9 Å². The first kappa shape index (κ1) is 12.2. The van der Waals surface area contributed by atoms with Crippen molar-refractivity contribution in [2.75, 3.05) is 0 Å². The Morgan fingerprint density at radius 2 is 1.83 bits per heavy atom. The highest BCUT2D eigenvalue weighted by molar-refractivity contribution is 5.59. The largest absolute Gasteiger partial charge is 0.294 e. The molecule has 0 aliphatic heterocycles. The van der Waals surface area contributed by atoms with Gasteiger partial charge in [-0.05, 0) is 38.5 Å². The maximum absolute atomic E-state index is 11.9. The maximum atomic E-state index is 11.9. The van der Waals surface area contributed by atoms with Crippen LogP contribution >= 0.6 is 0 Å². The Bertz CT molecular complexity index is 648. The quantitative estimate of drug-likeness (QED) is 0.833. The maximum Gasteiger partial charge on any atom is 0.267 e. The van der Waals surface area contributed by atoms with Crippen molar-refractivity contribution in [1.82, 2.24) is 9.78 Å². The normalized spacial score (nSPS) is 11.2. The Labute approximate surface area is 105 Å². The van der Waals surface area contributed by atoms with E-state index in [0.29, 0.717) is 5.56 Å². The number of nitriles is 1. The van der Waals surface area contributed by atoms with Crippen molar-refractivity contribution in [1.29, 1.82) is 5.26 Å². The number of H-pyrrole nitrogens is 1. The molecule has 0 amide bonds. The van der Waals surface area contributed by atoms with Gasteiger partial charge < -0.3 is 0 Å². The third-order valence-corrected chi connectivity index (χ3v) is 2.72. The second-order valence-corrected chi connectivity index (χ2v) is 5.20. The summed E-state index contributed by atoms with van der Waals surface area (Å²) in [5.74, 6) is 0. The zero-order valence-electron chi connectivity index (χ0n) is 10.7. The lowest BCUT2D eigenvalue weighted by atomic mass is 10.1. The summed E-state index contributed by atoms with van der Waals surface area (Å²) in [4.78, 5) is 11.9. The fourth-order valence-electron chi connectivity index (χ4n) is 1.77. The number of hydrogen-bond acceptors (Lipinski definition) is 2. The van der Waals surface area contributed by atoms with Crippen LogP contribution in [0, 0.1) is 11.3 Å². The number of rotatable bonds is 1. The molecule has 1 aromatic heterocycles. The molecule has 0 fully saturated rings. The predicted octanol–water partition coefficient (Wildman–Crippen LogP) is 2.47. The standard InChI is InChI=1S/C14H15N3O/c1-14(2,3)17-13(18)8-12(16-17)11-6-4-10(9-15)5-7-11/h4-8,16H,1-3H3. The van der Waals surface area contributed by atoms with Crippen LogP contribution in [0.15, 0.2) is 35.1 Å². The fraction of sp³-hybridized carbons (Fsp3) is 0.286. The van der Waals surface area contributed by atoms with Crippen molar-refractivity contribution >= 4 is 0 Å². The molecule has 0 bridgehead atoms. The minimum Gasteiger partial charge on any atom is -0.294 e. The zero-order chi connectivity index (χ0) is 13.3. The van der Waals surface area contributed by atoms with Gasteiger partial charge in [-0.2, -0.15) is 5.26 Å². The van der Waals surface area contributed by atoms with Crippen LogP contribution in [0.4, 0.5) is 0 Å². The van der Waals surface area contributed by atoms with Gasteiger partial charge in [0.2, 0.25) is 0 Å². The van der Waals surface area contributed by atoms with Crippen LogP contribution in [-0.4, -0.2) is 9.78 Å². The van der Waals surface area contributed by atoms with Crippen molar-refractivity contribution in [3.8, 4) is 17.3 Å². The Morgan fingerprint density at radius 1 is 1.22 bits per heavy atom. The van der Waals surface area contributed by atoms with E-state index in [1.54, 1.807) is 22.9 Å². The van der Waals surface area contributed by atoms with E-state index in [2.05, 4.69) is 11.2 Å². The van der Waals surface area contributed by atoms with Crippen molar-refractivity contribution in [3.63, 3.8) is 0 Å². The topological polar surface area (TPSA) is 61.6 Å². The Balaban J connectivity index is 2.46. The van der Waals surface area contributed by atoms with Gasteiger partial charge in [-0.3, -0.25) is 9.89 Å². The Morgan fingerprint density at radius 3 is 2.28 bits per heavy atom. The summed E-state index contributed by atoms with van der Waals surface area (Å²) in [6.07, 6.45) is 0. The van der Waals surface area contributed by atoms with Crippen LogP contribution in [0.25, 0.3) is 11.3 Å². The molecule has 18 heavy (non-hydrogen) atoms. The second kappa shape index (κ2) is 4.19. The number of benzene rings is 1. The molecule has 2 aromatic rings. The number of nitrogens with one attached hydrogen (secondary N) is 1. The molecule has 0 aliphatic carbocycles. The number of hydrogen-bond donors (Lipinski definition) is 1. The first-order valence-electron chi connectivity index (χ1n) is 5.75. The van der Waals surface area contributed by atoms with Crippen LogP contribution in [0.5, 0.6) is 0 Å². The lowest BCUT2D eigenvalue weighted by molar-refractivity contribution is 0.346. The average molecular weight is 241 g/mol. The zero-order valence-corrected chi connectivity index (χ0v) is 10.7. The van der Waals surface area contributed by atoms with Crippen molar-refractivity contribution in [3.05, 3.63) is 46.2 Å². The molecular weight excluding hydrogens is 226 g/mol. The van der Waals surface area contributed by atoms with Crippen LogP contribution < -0.4 is 5.56 Å². The minimum absolute atomic E-state index is 0.0538. The molecule has 0 spiro atoms. The first-order valence-corrected chi connectivity index (χ1v) is 5.75. The van der Waals surface area contributed by atoms with Crippen molar-refractivity contribution in [2.24, 2.45) is 0 Å². The van der Waals surface area contributed by atoms with E-state index in [1.165, 1.54) is 0 Å². The molecule has 4 nitrogen and oxygen atoms in total. The highest BCUT2D eigenvalue weighted by atomic mass is 16.1. The van der Waals surface area contributed by atoms with Gasteiger partial charge in [-0.25, -0.2) is 4.68 Å². The summed E-state index contributed by atoms with van der Waals surface area (Å²) in [6.45, 7) is 5.90. The summed E-state index contributed by atoms with van der Waals surface area (Å²) in [7, 11) is 0. The third kappa shape index (κ3) is 2.21. The summed E-state index contributed by atoms with van der Waals surface area (Å²) < 4.78 is 1.60. The molecule has 0 saturated heterocycles. The van der Waals surface area contributed by atoms with Crippen molar-refractivity contribution in [2.45, 2.75) is 26.3 Å². The van der Waals surface area contributed by atoms with Gasteiger partial charge in [0.1, 0.15) is 0 Å². The molecule has 1 aromatic carbocycles. The van der Waals surface area contributed by atoms with E-state index in [9.17, 15) is 4.79 Å². The van der Waals surface area contributed by atoms with E-state index in [-0.39, 0.29) is 11.1 Å². The van der Waals surface area contributed by atoms with Crippen LogP contribution in [-0.2, 0) is 5.54 Å². The molecule has 0 unspecified atom stereocenters. The van der Waals surface area contributed by atoms with Gasteiger partial charge in [0.15, 0.2) is 0 Å². The molecule has 0 aliphatic rings. The van der Waals surface area contributed by atoms with Crippen molar-refractivity contribution < 1.29 is 0 Å². The van der Waals surface area contributed by atoms with E-state index in [4.69, 9.17) is 5.26 Å². The van der Waals surface area contributed by atoms with Gasteiger partial charge in [-0.1, -0.05) is 12.1 Å². The molecular formula is C14H15N3O.